The molecule has 1 saturated heterocycles. The summed E-state index contributed by atoms with van der Waals surface area (Å²) in [5.41, 5.74) is 1.41. The molecule has 2 heterocycles. The number of rotatable bonds is 1. The van der Waals surface area contributed by atoms with Gasteiger partial charge in [0.05, 0.1) is 0 Å². The first-order valence-corrected chi connectivity index (χ1v) is 6.22. The molecule has 17 heavy (non-hydrogen) atoms. The Labute approximate surface area is 102 Å². The first-order valence-electron chi connectivity index (χ1n) is 6.22. The van der Waals surface area contributed by atoms with Crippen molar-refractivity contribution in [2.75, 3.05) is 24.5 Å². The number of fused-ring (bicyclic) bond motifs is 1. The van der Waals surface area contributed by atoms with Crippen molar-refractivity contribution in [2.45, 2.75) is 19.4 Å². The molecule has 0 atom stereocenters. The average Bonchev–Trinajstić information content (AvgIpc) is 2.71. The minimum absolute atomic E-state index is 0.190. The van der Waals surface area contributed by atoms with Gasteiger partial charge >= 0.3 is 0 Å². The van der Waals surface area contributed by atoms with Crippen LogP contribution >= 0.6 is 0 Å². The van der Waals surface area contributed by atoms with Crippen molar-refractivity contribution in [3.8, 4) is 0 Å². The summed E-state index contributed by atoms with van der Waals surface area (Å²) in [6, 6.07) is 10.7. The maximum absolute atomic E-state index is 3.54. The molecule has 0 aliphatic carbocycles. The van der Waals surface area contributed by atoms with Crippen LogP contribution in [0, 0.1) is 0 Å². The average molecular weight is 229 g/mol. The van der Waals surface area contributed by atoms with Crippen molar-refractivity contribution >= 4 is 16.7 Å². The van der Waals surface area contributed by atoms with Crippen molar-refractivity contribution in [1.82, 2.24) is 10.3 Å². The number of aromatic nitrogens is 1. The van der Waals surface area contributed by atoms with Crippen LogP contribution in [0.5, 0.6) is 0 Å². The Morgan fingerprint density at radius 1 is 1.24 bits per heavy atom. The van der Waals surface area contributed by atoms with Crippen LogP contribution < -0.4 is 10.2 Å². The van der Waals surface area contributed by atoms with Gasteiger partial charge in [0.15, 0.2) is 0 Å². The fourth-order valence-electron chi connectivity index (χ4n) is 2.58. The van der Waals surface area contributed by atoms with Crippen LogP contribution in [0.25, 0.3) is 10.9 Å². The molecule has 0 unspecified atom stereocenters. The topological polar surface area (TPSA) is 31.1 Å². The van der Waals surface area contributed by atoms with E-state index in [-0.39, 0.29) is 5.54 Å². The molecule has 3 nitrogen and oxygen atoms in total. The standard InChI is InChI=1S/C14H19N3/c1-14(2)10-17(8-7-15-14)13-9-11-5-3-4-6-12(11)16-13/h3-6,9,15-16H,7-8,10H2,1-2H3. The smallest absolute Gasteiger partial charge is 0.107 e. The van der Waals surface area contributed by atoms with Gasteiger partial charge in [-0.05, 0) is 26.0 Å². The normalized spacial score (nSPS) is 19.8. The van der Waals surface area contributed by atoms with Crippen LogP contribution in [0.4, 0.5) is 5.82 Å². The number of nitrogens with one attached hydrogen (secondary N) is 2. The first kappa shape index (κ1) is 10.7. The second-order valence-corrected chi connectivity index (χ2v) is 5.47. The van der Waals surface area contributed by atoms with E-state index in [1.165, 1.54) is 16.7 Å². The van der Waals surface area contributed by atoms with E-state index in [9.17, 15) is 0 Å². The summed E-state index contributed by atoms with van der Waals surface area (Å²) in [5.74, 6) is 1.24. The van der Waals surface area contributed by atoms with Gasteiger partial charge in [-0.15, -0.1) is 0 Å². The molecular weight excluding hydrogens is 210 g/mol. The van der Waals surface area contributed by atoms with Crippen LogP contribution in [0.15, 0.2) is 30.3 Å². The number of hydrogen-bond acceptors (Lipinski definition) is 2. The minimum atomic E-state index is 0.190. The molecule has 0 saturated carbocycles. The Morgan fingerprint density at radius 3 is 2.82 bits per heavy atom. The Kier molecular flexibility index (Phi) is 2.37. The van der Waals surface area contributed by atoms with E-state index in [1.807, 2.05) is 0 Å². The number of anilines is 1. The van der Waals surface area contributed by atoms with Crippen molar-refractivity contribution in [2.24, 2.45) is 0 Å². The summed E-state index contributed by atoms with van der Waals surface area (Å²) in [4.78, 5) is 5.93. The highest BCUT2D eigenvalue weighted by atomic mass is 15.3. The van der Waals surface area contributed by atoms with Gasteiger partial charge in [0.2, 0.25) is 0 Å². The Morgan fingerprint density at radius 2 is 2.06 bits per heavy atom. The molecule has 1 aliphatic rings. The van der Waals surface area contributed by atoms with Crippen LogP contribution in [-0.2, 0) is 0 Å². The highest BCUT2D eigenvalue weighted by Crippen LogP contribution is 2.24. The quantitative estimate of drug-likeness (QED) is 0.786. The molecule has 1 aromatic heterocycles. The molecule has 2 N–H and O–H groups in total. The molecule has 0 radical (unpaired) electrons. The van der Waals surface area contributed by atoms with E-state index < -0.39 is 0 Å². The zero-order chi connectivity index (χ0) is 11.9. The van der Waals surface area contributed by atoms with Crippen molar-refractivity contribution < 1.29 is 0 Å². The van der Waals surface area contributed by atoms with Gasteiger partial charge in [-0.25, -0.2) is 0 Å². The fraction of sp³-hybridized carbons (Fsp3) is 0.429. The molecule has 1 aliphatic heterocycles. The van der Waals surface area contributed by atoms with E-state index in [0.29, 0.717) is 0 Å². The SMILES string of the molecule is CC1(C)CN(c2cc3ccccc3[nH]2)CCN1. The number of H-pyrrole nitrogens is 1. The van der Waals surface area contributed by atoms with E-state index in [0.717, 1.165) is 19.6 Å². The predicted molar refractivity (Wildman–Crippen MR) is 72.6 cm³/mol. The summed E-state index contributed by atoms with van der Waals surface area (Å²) >= 11 is 0. The van der Waals surface area contributed by atoms with E-state index >= 15 is 0 Å². The summed E-state index contributed by atoms with van der Waals surface area (Å²) in [7, 11) is 0. The van der Waals surface area contributed by atoms with Crippen LogP contribution in [0.3, 0.4) is 0 Å². The zero-order valence-electron chi connectivity index (χ0n) is 10.5. The maximum atomic E-state index is 3.54. The number of nitrogens with zero attached hydrogens (tertiary/aromatic N) is 1. The number of benzene rings is 1. The number of para-hydroxylation sites is 1. The molecule has 3 heteroatoms. The van der Waals surface area contributed by atoms with Crippen molar-refractivity contribution in [3.63, 3.8) is 0 Å². The zero-order valence-corrected chi connectivity index (χ0v) is 10.5. The lowest BCUT2D eigenvalue weighted by Gasteiger charge is -2.39. The van der Waals surface area contributed by atoms with Crippen LogP contribution in [0.2, 0.25) is 0 Å². The first-order chi connectivity index (χ1) is 8.14. The third-order valence-corrected chi connectivity index (χ3v) is 3.43. The number of piperazine rings is 1. The molecule has 3 rings (SSSR count). The third-order valence-electron chi connectivity index (χ3n) is 3.43. The van der Waals surface area contributed by atoms with Gasteiger partial charge in [-0.3, -0.25) is 0 Å². The molecule has 1 fully saturated rings. The fourth-order valence-corrected chi connectivity index (χ4v) is 2.58. The number of hydrogen-bond donors (Lipinski definition) is 2. The lowest BCUT2D eigenvalue weighted by Crippen LogP contribution is -2.57. The molecule has 1 aromatic carbocycles. The van der Waals surface area contributed by atoms with Gasteiger partial charge in [0, 0.05) is 36.1 Å². The maximum Gasteiger partial charge on any atom is 0.107 e. The second kappa shape index (κ2) is 3.77. The van der Waals surface area contributed by atoms with Crippen molar-refractivity contribution in [3.05, 3.63) is 30.3 Å². The Bertz CT molecular complexity index is 494. The Balaban J connectivity index is 1.93. The molecular formula is C14H19N3. The van der Waals surface area contributed by atoms with E-state index in [2.05, 4.69) is 59.4 Å². The highest BCUT2D eigenvalue weighted by molar-refractivity contribution is 5.84. The van der Waals surface area contributed by atoms with Crippen molar-refractivity contribution in [1.29, 1.82) is 0 Å². The summed E-state index contributed by atoms with van der Waals surface area (Å²) in [6.45, 7) is 7.65. The van der Waals surface area contributed by atoms with Gasteiger partial charge < -0.3 is 15.2 Å². The summed E-state index contributed by atoms with van der Waals surface area (Å²) in [5, 5.41) is 4.83. The predicted octanol–water partition coefficient (Wildman–Crippen LogP) is 2.36. The highest BCUT2D eigenvalue weighted by Gasteiger charge is 2.26. The lowest BCUT2D eigenvalue weighted by atomic mass is 10.0. The van der Waals surface area contributed by atoms with E-state index in [4.69, 9.17) is 0 Å². The summed E-state index contributed by atoms with van der Waals surface area (Å²) < 4.78 is 0. The second-order valence-electron chi connectivity index (χ2n) is 5.47. The van der Waals surface area contributed by atoms with Gasteiger partial charge in [-0.2, -0.15) is 0 Å². The molecule has 0 amide bonds. The summed E-state index contributed by atoms with van der Waals surface area (Å²) in [6.07, 6.45) is 0. The van der Waals surface area contributed by atoms with Crippen LogP contribution in [-0.4, -0.2) is 30.2 Å². The monoisotopic (exact) mass is 229 g/mol. The minimum Gasteiger partial charge on any atom is -0.355 e. The molecule has 90 valence electrons. The lowest BCUT2D eigenvalue weighted by molar-refractivity contribution is 0.352. The number of aromatic amines is 1. The molecule has 0 bridgehead atoms. The van der Waals surface area contributed by atoms with Gasteiger partial charge in [0.25, 0.3) is 0 Å². The van der Waals surface area contributed by atoms with Gasteiger partial charge in [-0.1, -0.05) is 18.2 Å². The molecule has 2 aromatic rings. The largest absolute Gasteiger partial charge is 0.355 e. The van der Waals surface area contributed by atoms with Crippen LogP contribution in [0.1, 0.15) is 13.8 Å². The molecule has 0 spiro atoms. The third kappa shape index (κ3) is 2.03. The van der Waals surface area contributed by atoms with E-state index in [1.54, 1.807) is 0 Å². The Hall–Kier alpha value is -1.48. The van der Waals surface area contributed by atoms with Gasteiger partial charge in [0.1, 0.15) is 5.82 Å².